The van der Waals surface area contributed by atoms with Gasteiger partial charge in [0, 0.05) is 13.1 Å². The molecule has 6 heteroatoms. The molecule has 0 bridgehead atoms. The Labute approximate surface area is 127 Å². The molecule has 106 valence electrons. The van der Waals surface area contributed by atoms with Crippen molar-refractivity contribution in [3.63, 3.8) is 0 Å². The molecule has 0 fully saturated rings. The van der Waals surface area contributed by atoms with E-state index in [-0.39, 0.29) is 28.8 Å². The third-order valence-corrected chi connectivity index (χ3v) is 3.01. The second kappa shape index (κ2) is 7.72. The number of carbonyl (C=O) groups excluding carboxylic acids is 2. The maximum atomic E-state index is 12.0. The lowest BCUT2D eigenvalue weighted by molar-refractivity contribution is -0.142. The van der Waals surface area contributed by atoms with E-state index < -0.39 is 11.8 Å². The molecule has 2 amide bonds. The third kappa shape index (κ3) is 4.11. The van der Waals surface area contributed by atoms with Gasteiger partial charge in [-0.25, -0.2) is 0 Å². The molecule has 0 aromatic heterocycles. The first-order valence-corrected chi connectivity index (χ1v) is 6.53. The van der Waals surface area contributed by atoms with Crippen LogP contribution in [-0.2, 0) is 9.59 Å². The summed E-state index contributed by atoms with van der Waals surface area (Å²) in [5.74, 6) is -1.52. The van der Waals surface area contributed by atoms with Crippen LogP contribution >= 0.6 is 23.2 Å². The van der Waals surface area contributed by atoms with Crippen LogP contribution in [0, 0.1) is 0 Å². The summed E-state index contributed by atoms with van der Waals surface area (Å²) in [5, 5.41) is 2.94. The van der Waals surface area contributed by atoms with Gasteiger partial charge in [-0.05, 0) is 12.1 Å². The highest BCUT2D eigenvalue weighted by atomic mass is 35.5. The molecular weight excluding hydrogens is 299 g/mol. The molecule has 0 aliphatic heterocycles. The van der Waals surface area contributed by atoms with Crippen LogP contribution in [0.5, 0.6) is 0 Å². The topological polar surface area (TPSA) is 49.4 Å². The number of hydrogen-bond donors (Lipinski definition) is 1. The summed E-state index contributed by atoms with van der Waals surface area (Å²) in [6.45, 7) is 7.56. The van der Waals surface area contributed by atoms with E-state index in [2.05, 4.69) is 18.5 Å². The normalized spacial score (nSPS) is 9.70. The van der Waals surface area contributed by atoms with Crippen molar-refractivity contribution in [1.29, 1.82) is 0 Å². The number of amides is 2. The lowest BCUT2D eigenvalue weighted by Gasteiger charge is -2.18. The van der Waals surface area contributed by atoms with E-state index in [4.69, 9.17) is 23.2 Å². The molecule has 1 aromatic carbocycles. The number of carbonyl (C=O) groups is 2. The minimum Gasteiger partial charge on any atom is -0.327 e. The molecule has 1 N–H and O–H groups in total. The summed E-state index contributed by atoms with van der Waals surface area (Å²) in [6, 6.07) is 4.78. The van der Waals surface area contributed by atoms with Crippen LogP contribution in [0.15, 0.2) is 43.5 Å². The molecule has 0 aliphatic rings. The lowest BCUT2D eigenvalue weighted by Crippen LogP contribution is -2.40. The van der Waals surface area contributed by atoms with Gasteiger partial charge >= 0.3 is 11.8 Å². The first-order chi connectivity index (χ1) is 9.51. The molecule has 0 saturated carbocycles. The predicted molar refractivity (Wildman–Crippen MR) is 82.1 cm³/mol. The molecule has 1 aromatic rings. The molecule has 20 heavy (non-hydrogen) atoms. The van der Waals surface area contributed by atoms with Gasteiger partial charge in [-0.3, -0.25) is 9.59 Å². The van der Waals surface area contributed by atoms with Crippen LogP contribution < -0.4 is 5.32 Å². The fourth-order valence-electron chi connectivity index (χ4n) is 1.48. The Morgan fingerprint density at radius 3 is 2.10 bits per heavy atom. The molecule has 0 atom stereocenters. The Morgan fingerprint density at radius 2 is 1.65 bits per heavy atom. The number of para-hydroxylation sites is 1. The van der Waals surface area contributed by atoms with Crippen molar-refractivity contribution in [2.24, 2.45) is 0 Å². The Balaban J connectivity index is 2.86. The maximum Gasteiger partial charge on any atom is 0.314 e. The zero-order valence-electron chi connectivity index (χ0n) is 10.7. The summed E-state index contributed by atoms with van der Waals surface area (Å²) >= 11 is 11.8. The van der Waals surface area contributed by atoms with E-state index >= 15 is 0 Å². The summed E-state index contributed by atoms with van der Waals surface area (Å²) in [7, 11) is 0. The van der Waals surface area contributed by atoms with Crippen LogP contribution in [0.1, 0.15) is 0 Å². The maximum absolute atomic E-state index is 12.0. The molecule has 0 unspecified atom stereocenters. The van der Waals surface area contributed by atoms with E-state index in [1.807, 2.05) is 0 Å². The zero-order chi connectivity index (χ0) is 15.1. The second-order valence-electron chi connectivity index (χ2n) is 3.84. The van der Waals surface area contributed by atoms with Crippen molar-refractivity contribution < 1.29 is 9.59 Å². The molecule has 1 rings (SSSR count). The molecule has 0 spiro atoms. The first-order valence-electron chi connectivity index (χ1n) is 5.77. The largest absolute Gasteiger partial charge is 0.327 e. The van der Waals surface area contributed by atoms with Crippen molar-refractivity contribution in [2.75, 3.05) is 18.4 Å². The first kappa shape index (κ1) is 16.3. The van der Waals surface area contributed by atoms with Crippen LogP contribution in [0.25, 0.3) is 0 Å². The number of benzene rings is 1. The molecule has 0 radical (unpaired) electrons. The Morgan fingerprint density at radius 1 is 1.15 bits per heavy atom. The third-order valence-electron chi connectivity index (χ3n) is 2.38. The fourth-order valence-corrected chi connectivity index (χ4v) is 1.97. The van der Waals surface area contributed by atoms with Crippen molar-refractivity contribution in [3.8, 4) is 0 Å². The van der Waals surface area contributed by atoms with Crippen molar-refractivity contribution in [3.05, 3.63) is 53.6 Å². The van der Waals surface area contributed by atoms with Crippen LogP contribution in [-0.4, -0.2) is 29.8 Å². The minimum atomic E-state index is -0.816. The average molecular weight is 313 g/mol. The van der Waals surface area contributed by atoms with E-state index in [1.54, 1.807) is 18.2 Å². The highest BCUT2D eigenvalue weighted by Crippen LogP contribution is 2.29. The Kier molecular flexibility index (Phi) is 6.28. The van der Waals surface area contributed by atoms with Gasteiger partial charge in [-0.2, -0.15) is 0 Å². The average Bonchev–Trinajstić information content (AvgIpc) is 2.42. The lowest BCUT2D eigenvalue weighted by atomic mass is 10.3. The minimum absolute atomic E-state index is 0.214. The smallest absolute Gasteiger partial charge is 0.314 e. The van der Waals surface area contributed by atoms with Crippen molar-refractivity contribution in [1.82, 2.24) is 4.90 Å². The number of nitrogens with zero attached hydrogens (tertiary/aromatic N) is 1. The van der Waals surface area contributed by atoms with Crippen molar-refractivity contribution >= 4 is 40.7 Å². The monoisotopic (exact) mass is 312 g/mol. The van der Waals surface area contributed by atoms with E-state index in [0.29, 0.717) is 0 Å². The van der Waals surface area contributed by atoms with Crippen LogP contribution in [0.4, 0.5) is 5.69 Å². The van der Waals surface area contributed by atoms with Crippen LogP contribution in [0.2, 0.25) is 10.0 Å². The van der Waals surface area contributed by atoms with Gasteiger partial charge in [0.05, 0.1) is 15.7 Å². The Bertz CT molecular complexity index is 514. The fraction of sp³-hybridized carbons (Fsp3) is 0.143. The number of anilines is 1. The quantitative estimate of drug-likeness (QED) is 0.671. The zero-order valence-corrected chi connectivity index (χ0v) is 12.2. The second-order valence-corrected chi connectivity index (χ2v) is 4.65. The van der Waals surface area contributed by atoms with Crippen LogP contribution in [0.3, 0.4) is 0 Å². The van der Waals surface area contributed by atoms with Gasteiger partial charge in [-0.1, -0.05) is 41.4 Å². The van der Waals surface area contributed by atoms with Gasteiger partial charge in [0.15, 0.2) is 0 Å². The van der Waals surface area contributed by atoms with Gasteiger partial charge in [0.2, 0.25) is 0 Å². The predicted octanol–water partition coefficient (Wildman–Crippen LogP) is 3.13. The van der Waals surface area contributed by atoms with Gasteiger partial charge < -0.3 is 10.2 Å². The van der Waals surface area contributed by atoms with E-state index in [9.17, 15) is 9.59 Å². The number of hydrogen-bond acceptors (Lipinski definition) is 2. The van der Waals surface area contributed by atoms with Gasteiger partial charge in [0.25, 0.3) is 0 Å². The molecule has 4 nitrogen and oxygen atoms in total. The number of rotatable bonds is 5. The molecular formula is C14H14Cl2N2O2. The SMILES string of the molecule is C=CCN(CC=C)C(=O)C(=O)Nc1c(Cl)cccc1Cl. The molecule has 0 saturated heterocycles. The van der Waals surface area contributed by atoms with E-state index in [1.165, 1.54) is 17.1 Å². The highest BCUT2D eigenvalue weighted by Gasteiger charge is 2.21. The summed E-state index contributed by atoms with van der Waals surface area (Å²) < 4.78 is 0. The van der Waals surface area contributed by atoms with Gasteiger partial charge in [-0.15, -0.1) is 13.2 Å². The Hall–Kier alpha value is -1.78. The standard InChI is InChI=1S/C14H14Cl2N2O2/c1-3-8-18(9-4-2)14(20)13(19)17-12-10(15)6-5-7-11(12)16/h3-7H,1-2,8-9H2,(H,17,19). The summed E-state index contributed by atoms with van der Waals surface area (Å²) in [6.07, 6.45) is 3.05. The van der Waals surface area contributed by atoms with E-state index in [0.717, 1.165) is 0 Å². The van der Waals surface area contributed by atoms with Crippen molar-refractivity contribution in [2.45, 2.75) is 0 Å². The number of halogens is 2. The highest BCUT2D eigenvalue weighted by molar-refractivity contribution is 6.44. The molecule has 0 aliphatic carbocycles. The summed E-state index contributed by atoms with van der Waals surface area (Å²) in [5.41, 5.74) is 0.214. The number of nitrogens with one attached hydrogen (secondary N) is 1. The summed E-state index contributed by atoms with van der Waals surface area (Å²) in [4.78, 5) is 25.2. The van der Waals surface area contributed by atoms with Gasteiger partial charge in [0.1, 0.15) is 0 Å². The molecule has 0 heterocycles.